The lowest BCUT2D eigenvalue weighted by Gasteiger charge is -2.33. The van der Waals surface area contributed by atoms with E-state index in [1.165, 1.54) is 11.3 Å². The molecule has 0 saturated carbocycles. The molecule has 1 aliphatic rings. The first-order chi connectivity index (χ1) is 11.6. The zero-order chi connectivity index (χ0) is 17.1. The van der Waals surface area contributed by atoms with Crippen molar-refractivity contribution in [1.29, 1.82) is 5.26 Å². The van der Waals surface area contributed by atoms with Crippen LogP contribution in [0.4, 0.5) is 5.82 Å². The second kappa shape index (κ2) is 6.97. The Morgan fingerprint density at radius 1 is 1.38 bits per heavy atom. The Bertz CT molecular complexity index is 773. The molecule has 0 spiro atoms. The molecule has 6 nitrogen and oxygen atoms in total. The van der Waals surface area contributed by atoms with Gasteiger partial charge in [-0.25, -0.2) is 0 Å². The molecule has 0 atom stereocenters. The summed E-state index contributed by atoms with van der Waals surface area (Å²) < 4.78 is 0. The van der Waals surface area contributed by atoms with Crippen LogP contribution in [-0.2, 0) is 0 Å². The average molecular weight is 341 g/mol. The van der Waals surface area contributed by atoms with Crippen LogP contribution >= 0.6 is 11.3 Å². The molecule has 3 heterocycles. The van der Waals surface area contributed by atoms with Crippen molar-refractivity contribution >= 4 is 23.1 Å². The summed E-state index contributed by atoms with van der Waals surface area (Å²) in [6, 6.07) is 6.12. The maximum Gasteiger partial charge on any atom is 0.261 e. The molecule has 0 aliphatic carbocycles. The molecule has 2 aromatic heterocycles. The van der Waals surface area contributed by atoms with Crippen molar-refractivity contribution in [3.8, 4) is 6.07 Å². The lowest BCUT2D eigenvalue weighted by atomic mass is 10.0. The number of rotatable bonds is 3. The van der Waals surface area contributed by atoms with E-state index in [-0.39, 0.29) is 11.9 Å². The second-order valence-corrected chi connectivity index (χ2v) is 6.88. The number of thiophene rings is 1. The predicted octanol–water partition coefficient (Wildman–Crippen LogP) is 2.43. The van der Waals surface area contributed by atoms with Crippen molar-refractivity contribution in [1.82, 2.24) is 15.5 Å². The van der Waals surface area contributed by atoms with Crippen molar-refractivity contribution in [2.24, 2.45) is 0 Å². The number of carbonyl (C=O) groups excluding carboxylic acids is 1. The number of amides is 1. The van der Waals surface area contributed by atoms with Crippen LogP contribution in [0.5, 0.6) is 0 Å². The summed E-state index contributed by atoms with van der Waals surface area (Å²) in [5.74, 6) is 0.649. The zero-order valence-electron chi connectivity index (χ0n) is 13.7. The number of aryl methyl sites for hydroxylation is 1. The minimum Gasteiger partial charge on any atom is -0.354 e. The van der Waals surface area contributed by atoms with Gasteiger partial charge in [0.05, 0.1) is 10.6 Å². The van der Waals surface area contributed by atoms with Gasteiger partial charge in [0.1, 0.15) is 11.6 Å². The molecule has 1 fully saturated rings. The first-order valence-electron chi connectivity index (χ1n) is 7.93. The molecule has 0 radical (unpaired) electrons. The smallest absolute Gasteiger partial charge is 0.261 e. The largest absolute Gasteiger partial charge is 0.354 e. The maximum atomic E-state index is 12.1. The standard InChI is InChI=1S/C17H19N5OS/c1-11-12(2)20-21-16(14(11)10-18)22-7-5-13(6-8-22)19-17(23)15-4-3-9-24-15/h3-4,9,13H,5-8H2,1-2H3,(H,19,23). The van der Waals surface area contributed by atoms with Gasteiger partial charge in [-0.2, -0.15) is 10.4 Å². The minimum absolute atomic E-state index is 0.00728. The molecular formula is C17H19N5OS. The van der Waals surface area contributed by atoms with Crippen LogP contribution in [-0.4, -0.2) is 35.2 Å². The van der Waals surface area contributed by atoms with Crippen LogP contribution in [0.25, 0.3) is 0 Å². The lowest BCUT2D eigenvalue weighted by molar-refractivity contribution is 0.0935. The molecular weight excluding hydrogens is 322 g/mol. The predicted molar refractivity (Wildman–Crippen MR) is 93.2 cm³/mol. The average Bonchev–Trinajstić information content (AvgIpc) is 3.13. The summed E-state index contributed by atoms with van der Waals surface area (Å²) in [4.78, 5) is 15.0. The van der Waals surface area contributed by atoms with Gasteiger partial charge in [0, 0.05) is 19.1 Å². The van der Waals surface area contributed by atoms with E-state index >= 15 is 0 Å². The number of aromatic nitrogens is 2. The first-order valence-corrected chi connectivity index (χ1v) is 8.81. The minimum atomic E-state index is -0.00728. The molecule has 0 bridgehead atoms. The molecule has 1 N–H and O–H groups in total. The summed E-state index contributed by atoms with van der Waals surface area (Å²) in [5, 5.41) is 22.8. The fraction of sp³-hybridized carbons (Fsp3) is 0.412. The lowest BCUT2D eigenvalue weighted by Crippen LogP contribution is -2.45. The number of nitrogens with zero attached hydrogens (tertiary/aromatic N) is 4. The third-order valence-corrected chi connectivity index (χ3v) is 5.29. The number of carbonyl (C=O) groups is 1. The first kappa shape index (κ1) is 16.4. The highest BCUT2D eigenvalue weighted by Crippen LogP contribution is 2.24. The SMILES string of the molecule is Cc1nnc(N2CCC(NC(=O)c3cccs3)CC2)c(C#N)c1C. The van der Waals surface area contributed by atoms with E-state index < -0.39 is 0 Å². The van der Waals surface area contributed by atoms with Gasteiger partial charge < -0.3 is 10.2 Å². The molecule has 0 aromatic carbocycles. The summed E-state index contributed by atoms with van der Waals surface area (Å²) in [7, 11) is 0. The summed E-state index contributed by atoms with van der Waals surface area (Å²) in [6.07, 6.45) is 1.66. The van der Waals surface area contributed by atoms with E-state index in [2.05, 4.69) is 26.5 Å². The van der Waals surface area contributed by atoms with Crippen LogP contribution < -0.4 is 10.2 Å². The number of anilines is 1. The normalized spacial score (nSPS) is 15.1. The fourth-order valence-electron chi connectivity index (χ4n) is 2.85. The maximum absolute atomic E-state index is 12.1. The number of nitrogens with one attached hydrogen (secondary N) is 1. The molecule has 0 unspecified atom stereocenters. The highest BCUT2D eigenvalue weighted by Gasteiger charge is 2.25. The van der Waals surface area contributed by atoms with Crippen LogP contribution in [0.1, 0.15) is 39.3 Å². The van der Waals surface area contributed by atoms with E-state index in [1.807, 2.05) is 31.4 Å². The van der Waals surface area contributed by atoms with Crippen LogP contribution in [0.2, 0.25) is 0 Å². The quantitative estimate of drug-likeness (QED) is 0.927. The van der Waals surface area contributed by atoms with Gasteiger partial charge in [0.2, 0.25) is 0 Å². The van der Waals surface area contributed by atoms with E-state index in [0.29, 0.717) is 11.4 Å². The van der Waals surface area contributed by atoms with E-state index in [9.17, 15) is 10.1 Å². The van der Waals surface area contributed by atoms with Gasteiger partial charge in [-0.1, -0.05) is 6.07 Å². The number of hydrogen-bond acceptors (Lipinski definition) is 6. The van der Waals surface area contributed by atoms with E-state index in [4.69, 9.17) is 0 Å². The summed E-state index contributed by atoms with van der Waals surface area (Å²) in [6.45, 7) is 5.27. The van der Waals surface area contributed by atoms with Crippen molar-refractivity contribution in [2.45, 2.75) is 32.7 Å². The molecule has 3 rings (SSSR count). The van der Waals surface area contributed by atoms with E-state index in [0.717, 1.165) is 42.1 Å². The number of hydrogen-bond donors (Lipinski definition) is 1. The summed E-state index contributed by atoms with van der Waals surface area (Å²) in [5.41, 5.74) is 2.27. The Kier molecular flexibility index (Phi) is 4.76. The second-order valence-electron chi connectivity index (χ2n) is 5.93. The molecule has 1 amide bonds. The molecule has 1 saturated heterocycles. The van der Waals surface area contributed by atoms with Crippen molar-refractivity contribution < 1.29 is 4.79 Å². The molecule has 7 heteroatoms. The van der Waals surface area contributed by atoms with Gasteiger partial charge in [-0.15, -0.1) is 16.4 Å². The van der Waals surface area contributed by atoms with Crippen LogP contribution in [0.15, 0.2) is 17.5 Å². The topological polar surface area (TPSA) is 81.9 Å². The monoisotopic (exact) mass is 341 g/mol. The highest BCUT2D eigenvalue weighted by molar-refractivity contribution is 7.12. The molecule has 1 aliphatic heterocycles. The Morgan fingerprint density at radius 2 is 2.12 bits per heavy atom. The molecule has 2 aromatic rings. The Morgan fingerprint density at radius 3 is 2.75 bits per heavy atom. The van der Waals surface area contributed by atoms with Crippen molar-refractivity contribution in [3.05, 3.63) is 39.2 Å². The van der Waals surface area contributed by atoms with Gasteiger partial charge >= 0.3 is 0 Å². The van der Waals surface area contributed by atoms with E-state index in [1.54, 1.807) is 0 Å². The van der Waals surface area contributed by atoms with Gasteiger partial charge in [-0.05, 0) is 43.7 Å². The van der Waals surface area contributed by atoms with Gasteiger partial charge in [0.25, 0.3) is 5.91 Å². The molecule has 124 valence electrons. The van der Waals surface area contributed by atoms with Crippen molar-refractivity contribution in [3.63, 3.8) is 0 Å². The third kappa shape index (κ3) is 3.24. The Labute approximate surface area is 145 Å². The van der Waals surface area contributed by atoms with Crippen molar-refractivity contribution in [2.75, 3.05) is 18.0 Å². The van der Waals surface area contributed by atoms with Gasteiger partial charge in [0.15, 0.2) is 5.82 Å². The summed E-state index contributed by atoms with van der Waals surface area (Å²) >= 11 is 1.45. The fourth-order valence-corrected chi connectivity index (χ4v) is 3.48. The van der Waals surface area contributed by atoms with Crippen LogP contribution in [0, 0.1) is 25.2 Å². The van der Waals surface area contributed by atoms with Gasteiger partial charge in [-0.3, -0.25) is 4.79 Å². The zero-order valence-corrected chi connectivity index (χ0v) is 14.6. The number of piperidine rings is 1. The molecule has 24 heavy (non-hydrogen) atoms. The number of nitriles is 1. The Hall–Kier alpha value is -2.46. The highest BCUT2D eigenvalue weighted by atomic mass is 32.1. The van der Waals surface area contributed by atoms with Crippen LogP contribution in [0.3, 0.4) is 0 Å². The Balaban J connectivity index is 1.65. The third-order valence-electron chi connectivity index (χ3n) is 4.42.